The Morgan fingerprint density at radius 1 is 1.25 bits per heavy atom. The summed E-state index contributed by atoms with van der Waals surface area (Å²) in [7, 11) is 1.76. The topological polar surface area (TPSA) is 76.3 Å². The van der Waals surface area contributed by atoms with Crippen LogP contribution < -0.4 is 15.0 Å². The molecule has 2 aromatic heterocycles. The number of ether oxygens (including phenoxy) is 1. The Hall–Kier alpha value is -2.31. The summed E-state index contributed by atoms with van der Waals surface area (Å²) in [4.78, 5) is 14.9. The zero-order valence-electron chi connectivity index (χ0n) is 12.0. The van der Waals surface area contributed by atoms with Crippen LogP contribution in [-0.4, -0.2) is 35.1 Å². The Kier molecular flexibility index (Phi) is 4.75. The Balaban J connectivity index is 2.16. The van der Waals surface area contributed by atoms with Gasteiger partial charge in [0.1, 0.15) is 12.4 Å². The Labute approximate surface area is 118 Å². The first-order chi connectivity index (χ1) is 9.76. The van der Waals surface area contributed by atoms with E-state index in [1.807, 2.05) is 17.0 Å². The summed E-state index contributed by atoms with van der Waals surface area (Å²) in [5.74, 6) is 1.81. The fourth-order valence-electron chi connectivity index (χ4n) is 1.70. The highest BCUT2D eigenvalue weighted by Crippen LogP contribution is 2.15. The van der Waals surface area contributed by atoms with E-state index in [2.05, 4.69) is 34.1 Å². The lowest BCUT2D eigenvalue weighted by atomic mass is 10.5. The van der Waals surface area contributed by atoms with Crippen LogP contribution in [0.4, 0.5) is 11.9 Å². The van der Waals surface area contributed by atoms with Crippen molar-refractivity contribution in [2.24, 2.45) is 0 Å². The Morgan fingerprint density at radius 2 is 2.05 bits per heavy atom. The highest BCUT2D eigenvalue weighted by Gasteiger charge is 2.11. The second-order valence-electron chi connectivity index (χ2n) is 4.03. The van der Waals surface area contributed by atoms with E-state index in [-0.39, 0.29) is 12.6 Å². The van der Waals surface area contributed by atoms with Gasteiger partial charge in [0.15, 0.2) is 0 Å². The minimum absolute atomic E-state index is 0.280. The van der Waals surface area contributed by atoms with E-state index >= 15 is 0 Å². The molecule has 0 radical (unpaired) electrons. The lowest BCUT2D eigenvalue weighted by molar-refractivity contribution is 0.250. The maximum Gasteiger partial charge on any atom is 0.323 e. The molecule has 0 spiro atoms. The lowest BCUT2D eigenvalue weighted by Gasteiger charge is -2.19. The molecule has 7 heteroatoms. The molecule has 0 saturated heterocycles. The van der Waals surface area contributed by atoms with Crippen molar-refractivity contribution in [2.45, 2.75) is 20.5 Å². The number of hydrogen-bond donors (Lipinski definition) is 1. The molecule has 2 rings (SSSR count). The molecule has 2 aromatic rings. The van der Waals surface area contributed by atoms with Gasteiger partial charge in [0, 0.05) is 20.1 Å². The number of hydrogen-bond acceptors (Lipinski definition) is 7. The first-order valence-corrected chi connectivity index (χ1v) is 6.60. The van der Waals surface area contributed by atoms with Gasteiger partial charge in [-0.3, -0.25) is 0 Å². The summed E-state index contributed by atoms with van der Waals surface area (Å²) in [6, 6.07) is 3.93. The zero-order valence-corrected chi connectivity index (χ0v) is 12.0. The van der Waals surface area contributed by atoms with Gasteiger partial charge < -0.3 is 19.4 Å². The summed E-state index contributed by atoms with van der Waals surface area (Å²) >= 11 is 0. The smallest absolute Gasteiger partial charge is 0.323 e. The third-order valence-electron chi connectivity index (χ3n) is 2.80. The van der Waals surface area contributed by atoms with Crippen LogP contribution in [0.15, 0.2) is 22.8 Å². The summed E-state index contributed by atoms with van der Waals surface area (Å²) in [5.41, 5.74) is 0. The van der Waals surface area contributed by atoms with E-state index in [1.54, 1.807) is 13.3 Å². The zero-order chi connectivity index (χ0) is 14.4. The van der Waals surface area contributed by atoms with Crippen LogP contribution in [0.3, 0.4) is 0 Å². The predicted octanol–water partition coefficient (Wildman–Crippen LogP) is 1.93. The van der Waals surface area contributed by atoms with Gasteiger partial charge in [0.25, 0.3) is 0 Å². The molecule has 0 unspecified atom stereocenters. The number of nitrogens with one attached hydrogen (secondary N) is 1. The average Bonchev–Trinajstić information content (AvgIpc) is 2.99. The van der Waals surface area contributed by atoms with E-state index in [0.717, 1.165) is 18.8 Å². The molecule has 2 heterocycles. The van der Waals surface area contributed by atoms with E-state index in [1.165, 1.54) is 0 Å². The van der Waals surface area contributed by atoms with Crippen LogP contribution >= 0.6 is 0 Å². The van der Waals surface area contributed by atoms with Gasteiger partial charge in [-0.1, -0.05) is 0 Å². The van der Waals surface area contributed by atoms with Crippen LogP contribution in [0.1, 0.15) is 19.6 Å². The molecule has 7 nitrogen and oxygen atoms in total. The van der Waals surface area contributed by atoms with Crippen LogP contribution in [0.5, 0.6) is 6.01 Å². The van der Waals surface area contributed by atoms with Crippen LogP contribution in [0.25, 0.3) is 0 Å². The minimum atomic E-state index is 0.280. The molecule has 0 aliphatic heterocycles. The molecule has 0 aromatic carbocycles. The first kappa shape index (κ1) is 14.1. The van der Waals surface area contributed by atoms with Crippen molar-refractivity contribution in [1.29, 1.82) is 0 Å². The molecule has 0 aliphatic rings. The average molecular weight is 277 g/mol. The second kappa shape index (κ2) is 6.74. The van der Waals surface area contributed by atoms with Crippen molar-refractivity contribution in [3.63, 3.8) is 0 Å². The highest BCUT2D eigenvalue weighted by atomic mass is 16.5. The molecular weight excluding hydrogens is 258 g/mol. The molecule has 0 aliphatic carbocycles. The number of furan rings is 1. The van der Waals surface area contributed by atoms with Crippen molar-refractivity contribution in [2.75, 3.05) is 30.4 Å². The van der Waals surface area contributed by atoms with E-state index in [4.69, 9.17) is 9.15 Å². The fourth-order valence-corrected chi connectivity index (χ4v) is 1.70. The third-order valence-corrected chi connectivity index (χ3v) is 2.80. The highest BCUT2D eigenvalue weighted by molar-refractivity contribution is 5.37. The van der Waals surface area contributed by atoms with Crippen LogP contribution in [-0.2, 0) is 6.61 Å². The van der Waals surface area contributed by atoms with E-state index in [9.17, 15) is 0 Å². The lowest BCUT2D eigenvalue weighted by Crippen LogP contribution is -2.25. The van der Waals surface area contributed by atoms with Gasteiger partial charge in [0.2, 0.25) is 11.9 Å². The maximum absolute atomic E-state index is 5.55. The molecule has 20 heavy (non-hydrogen) atoms. The summed E-state index contributed by atoms with van der Waals surface area (Å²) in [6.45, 7) is 6.03. The second-order valence-corrected chi connectivity index (χ2v) is 4.03. The predicted molar refractivity (Wildman–Crippen MR) is 76.0 cm³/mol. The molecular formula is C13H19N5O2. The largest absolute Gasteiger partial charge is 0.466 e. The Morgan fingerprint density at radius 3 is 2.65 bits per heavy atom. The van der Waals surface area contributed by atoms with E-state index in [0.29, 0.717) is 11.9 Å². The van der Waals surface area contributed by atoms with E-state index < -0.39 is 0 Å². The SMILES string of the molecule is CCN(CC)c1nc(NC)nc(OCc2ccco2)n1. The van der Waals surface area contributed by atoms with Gasteiger partial charge in [-0.25, -0.2) is 0 Å². The third kappa shape index (κ3) is 3.37. The summed E-state index contributed by atoms with van der Waals surface area (Å²) in [6.07, 6.45) is 1.60. The monoisotopic (exact) mass is 277 g/mol. The van der Waals surface area contributed by atoms with Gasteiger partial charge in [-0.2, -0.15) is 15.0 Å². The van der Waals surface area contributed by atoms with Crippen molar-refractivity contribution < 1.29 is 9.15 Å². The molecule has 0 atom stereocenters. The molecule has 0 amide bonds. The van der Waals surface area contributed by atoms with Crippen LogP contribution in [0, 0.1) is 0 Å². The molecule has 0 fully saturated rings. The van der Waals surface area contributed by atoms with Crippen molar-refractivity contribution in [1.82, 2.24) is 15.0 Å². The number of rotatable bonds is 7. The molecule has 0 bridgehead atoms. The molecule has 1 N–H and O–H groups in total. The quantitative estimate of drug-likeness (QED) is 0.828. The molecule has 0 saturated carbocycles. The van der Waals surface area contributed by atoms with Gasteiger partial charge in [-0.15, -0.1) is 0 Å². The van der Waals surface area contributed by atoms with Crippen LogP contribution in [0.2, 0.25) is 0 Å². The number of aromatic nitrogens is 3. The van der Waals surface area contributed by atoms with Gasteiger partial charge >= 0.3 is 6.01 Å². The Bertz CT molecular complexity index is 526. The number of anilines is 2. The maximum atomic E-state index is 5.55. The van der Waals surface area contributed by atoms with Crippen molar-refractivity contribution >= 4 is 11.9 Å². The van der Waals surface area contributed by atoms with Gasteiger partial charge in [0.05, 0.1) is 6.26 Å². The summed E-state index contributed by atoms with van der Waals surface area (Å²) in [5, 5.41) is 2.91. The first-order valence-electron chi connectivity index (χ1n) is 6.60. The standard InChI is InChI=1S/C13H19N5O2/c1-4-18(5-2)12-15-11(14-3)16-13(17-12)20-9-10-7-6-8-19-10/h6-8H,4-5,9H2,1-3H3,(H,14,15,16,17). The fraction of sp³-hybridized carbons (Fsp3) is 0.462. The van der Waals surface area contributed by atoms with Crippen molar-refractivity contribution in [3.05, 3.63) is 24.2 Å². The van der Waals surface area contributed by atoms with Gasteiger partial charge in [-0.05, 0) is 26.0 Å². The minimum Gasteiger partial charge on any atom is -0.466 e. The van der Waals surface area contributed by atoms with Crippen molar-refractivity contribution in [3.8, 4) is 6.01 Å². The number of nitrogens with zero attached hydrogens (tertiary/aromatic N) is 4. The normalized spacial score (nSPS) is 10.3. The summed E-state index contributed by atoms with van der Waals surface area (Å²) < 4.78 is 10.8. The molecule has 108 valence electrons.